The number of ether oxygens (including phenoxy) is 5. The van der Waals surface area contributed by atoms with E-state index in [1.165, 1.54) is 25.3 Å². The molecule has 2 aromatic rings. The summed E-state index contributed by atoms with van der Waals surface area (Å²) in [6.07, 6.45) is 0. The first-order chi connectivity index (χ1) is 16.0. The first-order valence-electron chi connectivity index (χ1n) is 10.7. The Bertz CT molecular complexity index is 951. The second-order valence-corrected chi connectivity index (χ2v) is 6.95. The highest BCUT2D eigenvalue weighted by Gasteiger charge is 2.24. The predicted octanol–water partition coefficient (Wildman–Crippen LogP) is 4.18. The lowest BCUT2D eigenvalue weighted by atomic mass is 10.1. The number of nitrogens with zero attached hydrogens (tertiary/aromatic N) is 1. The summed E-state index contributed by atoms with van der Waals surface area (Å²) in [6.45, 7) is 3.91. The predicted molar refractivity (Wildman–Crippen MR) is 119 cm³/mol. The quantitative estimate of drug-likeness (QED) is 0.563. The molecule has 8 nitrogen and oxygen atoms in total. The lowest BCUT2D eigenvalue weighted by Gasteiger charge is -2.31. The number of methoxy groups -OCH3 is 1. The van der Waals surface area contributed by atoms with Gasteiger partial charge in [-0.1, -0.05) is 6.07 Å². The van der Waals surface area contributed by atoms with Gasteiger partial charge in [0.25, 0.3) is 5.91 Å². The summed E-state index contributed by atoms with van der Waals surface area (Å²) in [5.41, 5.74) is 1.06. The van der Waals surface area contributed by atoms with E-state index in [4.69, 9.17) is 18.9 Å². The van der Waals surface area contributed by atoms with Crippen LogP contribution in [0.15, 0.2) is 30.3 Å². The molecule has 0 atom stereocenters. The molecule has 0 spiro atoms. The van der Waals surface area contributed by atoms with E-state index < -0.39 is 12.5 Å². The van der Waals surface area contributed by atoms with Gasteiger partial charge >= 0.3 is 6.61 Å². The number of halogens is 2. The molecule has 0 aromatic heterocycles. The maximum Gasteiger partial charge on any atom is 0.387 e. The van der Waals surface area contributed by atoms with Crippen molar-refractivity contribution in [1.82, 2.24) is 0 Å². The SMILES string of the molecule is CCOc1cc(N2CCOCC2)c(OCC)cc1NC(=O)c1cccc(OC)c1OC(F)F. The van der Waals surface area contributed by atoms with Gasteiger partial charge in [-0.3, -0.25) is 4.79 Å². The topological polar surface area (TPSA) is 78.5 Å². The fourth-order valence-corrected chi connectivity index (χ4v) is 3.50. The zero-order chi connectivity index (χ0) is 23.8. The van der Waals surface area contributed by atoms with E-state index in [0.717, 1.165) is 5.69 Å². The van der Waals surface area contributed by atoms with Crippen molar-refractivity contribution in [2.45, 2.75) is 20.5 Å². The van der Waals surface area contributed by atoms with Crippen molar-refractivity contribution < 1.29 is 37.3 Å². The first kappa shape index (κ1) is 24.4. The Balaban J connectivity index is 1.98. The Kier molecular flexibility index (Phi) is 8.53. The van der Waals surface area contributed by atoms with Crippen molar-refractivity contribution in [1.29, 1.82) is 0 Å². The van der Waals surface area contributed by atoms with E-state index in [9.17, 15) is 13.6 Å². The number of alkyl halides is 2. The van der Waals surface area contributed by atoms with Crippen molar-refractivity contribution >= 4 is 17.3 Å². The Labute approximate surface area is 191 Å². The number of amides is 1. The Morgan fingerprint density at radius 1 is 1.09 bits per heavy atom. The molecule has 3 rings (SSSR count). The van der Waals surface area contributed by atoms with Crippen LogP contribution in [-0.4, -0.2) is 59.1 Å². The highest BCUT2D eigenvalue weighted by atomic mass is 19.3. The smallest absolute Gasteiger partial charge is 0.387 e. The van der Waals surface area contributed by atoms with Gasteiger partial charge in [0.15, 0.2) is 11.5 Å². The van der Waals surface area contributed by atoms with Crippen molar-refractivity contribution in [2.75, 3.05) is 56.8 Å². The molecule has 1 amide bonds. The summed E-state index contributed by atoms with van der Waals surface area (Å²) in [5, 5.41) is 2.74. The van der Waals surface area contributed by atoms with Crippen LogP contribution in [0.3, 0.4) is 0 Å². The molecule has 1 heterocycles. The zero-order valence-corrected chi connectivity index (χ0v) is 18.9. The number of carbonyl (C=O) groups excluding carboxylic acids is 1. The maximum atomic E-state index is 13.1. The largest absolute Gasteiger partial charge is 0.493 e. The van der Waals surface area contributed by atoms with Gasteiger partial charge in [-0.05, 0) is 26.0 Å². The molecule has 2 aromatic carbocycles. The number of morpholine rings is 1. The van der Waals surface area contributed by atoms with Crippen LogP contribution < -0.4 is 29.2 Å². The molecule has 0 saturated carbocycles. The van der Waals surface area contributed by atoms with Gasteiger partial charge < -0.3 is 33.9 Å². The molecule has 0 radical (unpaired) electrons. The Morgan fingerprint density at radius 2 is 1.79 bits per heavy atom. The van der Waals surface area contributed by atoms with Gasteiger partial charge in [0.2, 0.25) is 0 Å². The maximum absolute atomic E-state index is 13.1. The summed E-state index contributed by atoms with van der Waals surface area (Å²) in [6, 6.07) is 7.80. The lowest BCUT2D eigenvalue weighted by Crippen LogP contribution is -2.36. The van der Waals surface area contributed by atoms with Crippen LogP contribution in [-0.2, 0) is 4.74 Å². The second kappa shape index (κ2) is 11.6. The molecular weight excluding hydrogens is 438 g/mol. The molecule has 180 valence electrons. The zero-order valence-electron chi connectivity index (χ0n) is 18.9. The van der Waals surface area contributed by atoms with Crippen LogP contribution in [0, 0.1) is 0 Å². The molecule has 0 unspecified atom stereocenters. The van der Waals surface area contributed by atoms with E-state index >= 15 is 0 Å². The molecular formula is C23H28F2N2O6. The molecule has 1 N–H and O–H groups in total. The molecule has 0 aliphatic carbocycles. The van der Waals surface area contributed by atoms with Crippen molar-refractivity contribution in [3.05, 3.63) is 35.9 Å². The normalized spacial score (nSPS) is 13.6. The lowest BCUT2D eigenvalue weighted by molar-refractivity contribution is -0.0515. The minimum absolute atomic E-state index is 0.0191. The Hall–Kier alpha value is -3.27. The number of anilines is 2. The number of nitrogens with one attached hydrogen (secondary N) is 1. The van der Waals surface area contributed by atoms with Gasteiger partial charge in [0, 0.05) is 25.2 Å². The summed E-state index contributed by atoms with van der Waals surface area (Å²) in [5.74, 6) is 0.000947. The van der Waals surface area contributed by atoms with Gasteiger partial charge in [0.05, 0.1) is 50.5 Å². The molecule has 1 aliphatic rings. The third kappa shape index (κ3) is 5.95. The van der Waals surface area contributed by atoms with Gasteiger partial charge in [0.1, 0.15) is 11.5 Å². The number of hydrogen-bond acceptors (Lipinski definition) is 7. The second-order valence-electron chi connectivity index (χ2n) is 6.95. The van der Waals surface area contributed by atoms with E-state index in [2.05, 4.69) is 15.0 Å². The molecule has 1 saturated heterocycles. The standard InChI is InChI=1S/C23H28F2N2O6/c1-4-31-19-14-17(27-9-11-30-12-10-27)20(32-5-2)13-16(19)26-22(28)15-7-6-8-18(29-3)21(15)33-23(24)25/h6-8,13-14,23H,4-5,9-12H2,1-3H3,(H,26,28). The van der Waals surface area contributed by atoms with Crippen molar-refractivity contribution in [3.63, 3.8) is 0 Å². The molecule has 33 heavy (non-hydrogen) atoms. The van der Waals surface area contributed by atoms with Crippen LogP contribution in [0.1, 0.15) is 24.2 Å². The highest BCUT2D eigenvalue weighted by molar-refractivity contribution is 6.07. The number of hydrogen-bond donors (Lipinski definition) is 1. The highest BCUT2D eigenvalue weighted by Crippen LogP contribution is 2.40. The molecule has 10 heteroatoms. The average molecular weight is 466 g/mol. The van der Waals surface area contributed by atoms with Crippen LogP contribution in [0.4, 0.5) is 20.2 Å². The number of para-hydroxylation sites is 1. The van der Waals surface area contributed by atoms with Crippen molar-refractivity contribution in [2.24, 2.45) is 0 Å². The monoisotopic (exact) mass is 466 g/mol. The van der Waals surface area contributed by atoms with Gasteiger partial charge in [-0.2, -0.15) is 8.78 Å². The fraction of sp³-hybridized carbons (Fsp3) is 0.435. The van der Waals surface area contributed by atoms with Gasteiger partial charge in [-0.25, -0.2) is 0 Å². The Morgan fingerprint density at radius 3 is 2.42 bits per heavy atom. The number of benzene rings is 2. The third-order valence-electron chi connectivity index (χ3n) is 4.91. The van der Waals surface area contributed by atoms with Crippen LogP contribution >= 0.6 is 0 Å². The summed E-state index contributed by atoms with van der Waals surface area (Å²) >= 11 is 0. The van der Waals surface area contributed by atoms with Gasteiger partial charge in [-0.15, -0.1) is 0 Å². The summed E-state index contributed by atoms with van der Waals surface area (Å²) in [7, 11) is 1.31. The molecule has 1 fully saturated rings. The first-order valence-corrected chi connectivity index (χ1v) is 10.7. The van der Waals surface area contributed by atoms with E-state index in [1.807, 2.05) is 13.8 Å². The number of rotatable bonds is 10. The summed E-state index contributed by atoms with van der Waals surface area (Å²) in [4.78, 5) is 15.2. The van der Waals surface area contributed by atoms with Crippen LogP contribution in [0.5, 0.6) is 23.0 Å². The van der Waals surface area contributed by atoms with E-state index in [0.29, 0.717) is 56.7 Å². The summed E-state index contributed by atoms with van der Waals surface area (Å²) < 4.78 is 52.6. The molecule has 0 bridgehead atoms. The van der Waals surface area contributed by atoms with Crippen molar-refractivity contribution in [3.8, 4) is 23.0 Å². The third-order valence-corrected chi connectivity index (χ3v) is 4.91. The minimum atomic E-state index is -3.12. The molecule has 1 aliphatic heterocycles. The van der Waals surface area contributed by atoms with E-state index in [-0.39, 0.29) is 17.1 Å². The van der Waals surface area contributed by atoms with Crippen LogP contribution in [0.2, 0.25) is 0 Å². The van der Waals surface area contributed by atoms with Crippen LogP contribution in [0.25, 0.3) is 0 Å². The average Bonchev–Trinajstić information content (AvgIpc) is 2.81. The number of carbonyl (C=O) groups is 1. The minimum Gasteiger partial charge on any atom is -0.493 e. The van der Waals surface area contributed by atoms with E-state index in [1.54, 1.807) is 12.1 Å². The fourth-order valence-electron chi connectivity index (χ4n) is 3.50.